The Balaban J connectivity index is 1.69. The van der Waals surface area contributed by atoms with E-state index in [-0.39, 0.29) is 6.61 Å². The summed E-state index contributed by atoms with van der Waals surface area (Å²) in [5.41, 5.74) is 0. The van der Waals surface area contributed by atoms with E-state index in [2.05, 4.69) is 15.9 Å². The van der Waals surface area contributed by atoms with Crippen molar-refractivity contribution < 1.29 is 38.3 Å². The zero-order valence-electron chi connectivity index (χ0n) is 16.9. The van der Waals surface area contributed by atoms with Gasteiger partial charge in [0, 0.05) is 4.47 Å². The summed E-state index contributed by atoms with van der Waals surface area (Å²) in [6.45, 7) is 6.55. The van der Waals surface area contributed by atoms with Crippen LogP contribution in [0.15, 0.2) is 28.7 Å². The van der Waals surface area contributed by atoms with E-state index >= 15 is 0 Å². The van der Waals surface area contributed by atoms with Gasteiger partial charge >= 0.3 is 0 Å². The molecule has 9 heteroatoms. The van der Waals surface area contributed by atoms with Gasteiger partial charge in [0.15, 0.2) is 0 Å². The van der Waals surface area contributed by atoms with E-state index in [0.29, 0.717) is 85.9 Å². The maximum atomic E-state index is 8.53. The number of rotatable bonds is 21. The highest BCUT2D eigenvalue weighted by Gasteiger charge is 1.96. The van der Waals surface area contributed by atoms with Crippen molar-refractivity contribution in [2.24, 2.45) is 0 Å². The van der Waals surface area contributed by atoms with Crippen LogP contribution in [0.3, 0.4) is 0 Å². The summed E-state index contributed by atoms with van der Waals surface area (Å²) in [5.74, 6) is 0.825. The van der Waals surface area contributed by atoms with E-state index in [1.165, 1.54) is 0 Å². The number of benzene rings is 1. The number of halogens is 1. The summed E-state index contributed by atoms with van der Waals surface area (Å²) in [6.07, 6.45) is 0. The van der Waals surface area contributed by atoms with Crippen molar-refractivity contribution in [2.45, 2.75) is 0 Å². The van der Waals surface area contributed by atoms with Gasteiger partial charge in [0.05, 0.1) is 85.9 Å². The zero-order chi connectivity index (χ0) is 20.8. The van der Waals surface area contributed by atoms with Gasteiger partial charge in [-0.2, -0.15) is 0 Å². The molecule has 0 bridgehead atoms. The van der Waals surface area contributed by atoms with Gasteiger partial charge in [0.25, 0.3) is 0 Å². The molecule has 1 N–H and O–H groups in total. The van der Waals surface area contributed by atoms with Gasteiger partial charge in [-0.25, -0.2) is 0 Å². The molecule has 0 aliphatic rings. The lowest BCUT2D eigenvalue weighted by Crippen LogP contribution is -2.15. The molecule has 0 saturated carbocycles. The van der Waals surface area contributed by atoms with Crippen molar-refractivity contribution in [3.05, 3.63) is 28.7 Å². The first-order valence-corrected chi connectivity index (χ1v) is 10.6. The summed E-state index contributed by atoms with van der Waals surface area (Å²) in [7, 11) is 0. The highest BCUT2D eigenvalue weighted by molar-refractivity contribution is 9.10. The molecule has 0 saturated heterocycles. The van der Waals surface area contributed by atoms with E-state index in [9.17, 15) is 0 Å². The number of aliphatic hydroxyl groups excluding tert-OH is 1. The molecule has 1 aromatic rings. The Morgan fingerprint density at radius 2 is 0.862 bits per heavy atom. The Morgan fingerprint density at radius 1 is 0.517 bits per heavy atom. The Kier molecular flexibility index (Phi) is 18.6. The van der Waals surface area contributed by atoms with Crippen LogP contribution in [0.4, 0.5) is 0 Å². The van der Waals surface area contributed by atoms with Crippen molar-refractivity contribution in [1.29, 1.82) is 0 Å². The summed E-state index contributed by atoms with van der Waals surface area (Å²) in [6, 6.07) is 7.69. The monoisotopic (exact) mass is 480 g/mol. The summed E-state index contributed by atoms with van der Waals surface area (Å²) in [5, 5.41) is 8.53. The SMILES string of the molecule is OCCOCCOCCOCCOCCOCCOCCOc1ccc(Br)cc1. The molecular formula is C20H33BrO8. The van der Waals surface area contributed by atoms with Crippen LogP contribution in [-0.4, -0.2) is 97.6 Å². The maximum Gasteiger partial charge on any atom is 0.119 e. The molecule has 1 rings (SSSR count). The molecule has 0 heterocycles. The third-order valence-electron chi connectivity index (χ3n) is 3.41. The number of ether oxygens (including phenoxy) is 7. The number of aliphatic hydroxyl groups is 1. The largest absolute Gasteiger partial charge is 0.491 e. The molecule has 0 fully saturated rings. The topological polar surface area (TPSA) is 84.8 Å². The van der Waals surface area contributed by atoms with E-state index in [1.54, 1.807) is 0 Å². The van der Waals surface area contributed by atoms with E-state index < -0.39 is 0 Å². The lowest BCUT2D eigenvalue weighted by atomic mass is 10.3. The Bertz CT molecular complexity index is 460. The fourth-order valence-corrected chi connectivity index (χ4v) is 2.28. The van der Waals surface area contributed by atoms with Crippen molar-refractivity contribution >= 4 is 15.9 Å². The summed E-state index contributed by atoms with van der Waals surface area (Å²) < 4.78 is 38.6. The van der Waals surface area contributed by atoms with Gasteiger partial charge in [-0.1, -0.05) is 15.9 Å². The van der Waals surface area contributed by atoms with Crippen LogP contribution >= 0.6 is 15.9 Å². The highest BCUT2D eigenvalue weighted by Crippen LogP contribution is 2.15. The number of hydrogen-bond acceptors (Lipinski definition) is 8. The smallest absolute Gasteiger partial charge is 0.119 e. The van der Waals surface area contributed by atoms with Gasteiger partial charge < -0.3 is 38.3 Å². The lowest BCUT2D eigenvalue weighted by Gasteiger charge is -2.09. The normalized spacial score (nSPS) is 11.1. The number of hydrogen-bond donors (Lipinski definition) is 1. The van der Waals surface area contributed by atoms with E-state index in [4.69, 9.17) is 38.3 Å². The molecule has 1 aromatic carbocycles. The van der Waals surface area contributed by atoms with Crippen LogP contribution < -0.4 is 4.74 Å². The molecule has 0 unspecified atom stereocenters. The predicted molar refractivity (Wildman–Crippen MR) is 112 cm³/mol. The minimum Gasteiger partial charge on any atom is -0.491 e. The van der Waals surface area contributed by atoms with Crippen LogP contribution in [0, 0.1) is 0 Å². The second kappa shape index (κ2) is 20.5. The molecule has 0 radical (unpaired) electrons. The molecule has 0 atom stereocenters. The Labute approximate surface area is 181 Å². The molecule has 8 nitrogen and oxygen atoms in total. The zero-order valence-corrected chi connectivity index (χ0v) is 18.5. The lowest BCUT2D eigenvalue weighted by molar-refractivity contribution is -0.0191. The highest BCUT2D eigenvalue weighted by atomic mass is 79.9. The first-order chi connectivity index (χ1) is 14.3. The van der Waals surface area contributed by atoms with Crippen LogP contribution in [-0.2, 0) is 28.4 Å². The van der Waals surface area contributed by atoms with Crippen molar-refractivity contribution in [2.75, 3.05) is 92.5 Å². The van der Waals surface area contributed by atoms with Crippen LogP contribution in [0.1, 0.15) is 0 Å². The maximum absolute atomic E-state index is 8.53. The van der Waals surface area contributed by atoms with Gasteiger partial charge in [-0.05, 0) is 24.3 Å². The third kappa shape index (κ3) is 17.8. The molecule has 0 aliphatic carbocycles. The van der Waals surface area contributed by atoms with Crippen LogP contribution in [0.2, 0.25) is 0 Å². The van der Waals surface area contributed by atoms with Gasteiger partial charge in [0.1, 0.15) is 12.4 Å². The first-order valence-electron chi connectivity index (χ1n) is 9.78. The van der Waals surface area contributed by atoms with Crippen molar-refractivity contribution in [3.8, 4) is 5.75 Å². The first kappa shape index (κ1) is 26.3. The third-order valence-corrected chi connectivity index (χ3v) is 3.93. The van der Waals surface area contributed by atoms with Crippen molar-refractivity contribution in [3.63, 3.8) is 0 Å². The minimum atomic E-state index is 0.0330. The molecule has 0 aromatic heterocycles. The summed E-state index contributed by atoms with van der Waals surface area (Å²) >= 11 is 3.38. The fourth-order valence-electron chi connectivity index (χ4n) is 2.02. The molecule has 168 valence electrons. The molecule has 0 aliphatic heterocycles. The van der Waals surface area contributed by atoms with Crippen LogP contribution in [0.5, 0.6) is 5.75 Å². The van der Waals surface area contributed by atoms with Gasteiger partial charge in [0.2, 0.25) is 0 Å². The molecule has 29 heavy (non-hydrogen) atoms. The molecule has 0 amide bonds. The minimum absolute atomic E-state index is 0.0330. The Hall–Kier alpha value is -0.780. The molecular weight excluding hydrogens is 448 g/mol. The second-order valence-electron chi connectivity index (χ2n) is 5.70. The van der Waals surface area contributed by atoms with Gasteiger partial charge in [-0.15, -0.1) is 0 Å². The average molecular weight is 481 g/mol. The van der Waals surface area contributed by atoms with Crippen LogP contribution in [0.25, 0.3) is 0 Å². The average Bonchev–Trinajstić information content (AvgIpc) is 2.73. The quantitative estimate of drug-likeness (QED) is 0.267. The standard InChI is InChI=1S/C20H33BrO8/c21-19-1-3-20(4-2-19)29-18-17-28-16-15-27-14-13-26-12-11-25-10-9-24-8-7-23-6-5-22/h1-4,22H,5-18H2. The van der Waals surface area contributed by atoms with E-state index in [1.807, 2.05) is 24.3 Å². The predicted octanol–water partition coefficient (Wildman–Crippen LogP) is 1.92. The fraction of sp³-hybridized carbons (Fsp3) is 0.700. The van der Waals surface area contributed by atoms with E-state index in [0.717, 1.165) is 10.2 Å². The molecule has 0 spiro atoms. The second-order valence-corrected chi connectivity index (χ2v) is 6.62. The Morgan fingerprint density at radius 3 is 1.24 bits per heavy atom. The van der Waals surface area contributed by atoms with Gasteiger partial charge in [-0.3, -0.25) is 0 Å². The summed E-state index contributed by atoms with van der Waals surface area (Å²) in [4.78, 5) is 0. The van der Waals surface area contributed by atoms with Crippen molar-refractivity contribution in [1.82, 2.24) is 0 Å².